The highest BCUT2D eigenvalue weighted by Crippen LogP contribution is 2.27. The summed E-state index contributed by atoms with van der Waals surface area (Å²) in [5.41, 5.74) is 6.95. The summed E-state index contributed by atoms with van der Waals surface area (Å²) in [4.78, 5) is 0. The molecule has 0 radical (unpaired) electrons. The van der Waals surface area contributed by atoms with Gasteiger partial charge >= 0.3 is 0 Å². The lowest BCUT2D eigenvalue weighted by Gasteiger charge is -2.07. The predicted octanol–water partition coefficient (Wildman–Crippen LogP) is 3.88. The van der Waals surface area contributed by atoms with Gasteiger partial charge in [0.15, 0.2) is 0 Å². The molecule has 0 bridgehead atoms. The molecule has 0 unspecified atom stereocenters. The molecule has 0 atom stereocenters. The molecule has 2 aromatic carbocycles. The molecule has 1 nitrogen and oxygen atoms in total. The lowest BCUT2D eigenvalue weighted by molar-refractivity contribution is 0.747. The third-order valence-electron chi connectivity index (χ3n) is 2.86. The van der Waals surface area contributed by atoms with Crippen LogP contribution in [0.2, 0.25) is 0 Å². The highest BCUT2D eigenvalue weighted by atomic mass is 79.9. The van der Waals surface area contributed by atoms with Crippen LogP contribution >= 0.6 is 15.9 Å². The minimum Gasteiger partial charge on any atom is -0.330 e. The third-order valence-corrected chi connectivity index (χ3v) is 3.55. The van der Waals surface area contributed by atoms with E-state index in [1.54, 1.807) is 0 Å². The Balaban J connectivity index is 2.35. The Morgan fingerprint density at radius 2 is 1.69 bits per heavy atom. The van der Waals surface area contributed by atoms with Crippen LogP contribution in [-0.4, -0.2) is 6.54 Å². The molecule has 16 heavy (non-hydrogen) atoms. The molecule has 84 valence electrons. The van der Waals surface area contributed by atoms with Crippen molar-refractivity contribution in [1.29, 1.82) is 0 Å². The predicted molar refractivity (Wildman–Crippen MR) is 73.6 cm³/mol. The Morgan fingerprint density at radius 1 is 0.938 bits per heavy atom. The topological polar surface area (TPSA) is 26.0 Å². The Kier molecular flexibility index (Phi) is 3.97. The van der Waals surface area contributed by atoms with Gasteiger partial charge in [0.1, 0.15) is 0 Å². The van der Waals surface area contributed by atoms with E-state index in [2.05, 4.69) is 52.3 Å². The van der Waals surface area contributed by atoms with Gasteiger partial charge in [-0.25, -0.2) is 0 Å². The average Bonchev–Trinajstić information content (AvgIpc) is 2.33. The zero-order valence-electron chi connectivity index (χ0n) is 9.25. The number of unbranched alkanes of at least 4 members (excludes halogenated alkanes) is 1. The second kappa shape index (κ2) is 5.46. The first-order valence-electron chi connectivity index (χ1n) is 5.69. The fraction of sp³-hybridized carbons (Fsp3) is 0.286. The first kappa shape index (κ1) is 11.6. The van der Waals surface area contributed by atoms with Gasteiger partial charge in [0, 0.05) is 4.47 Å². The Hall–Kier alpha value is -0.860. The Bertz CT molecular complexity index is 479. The quantitative estimate of drug-likeness (QED) is 0.844. The normalized spacial score (nSPS) is 10.9. The first-order valence-corrected chi connectivity index (χ1v) is 6.48. The lowest BCUT2D eigenvalue weighted by Crippen LogP contribution is -1.99. The van der Waals surface area contributed by atoms with Gasteiger partial charge in [-0.05, 0) is 48.2 Å². The summed E-state index contributed by atoms with van der Waals surface area (Å²) in [7, 11) is 0. The summed E-state index contributed by atoms with van der Waals surface area (Å²) in [6.07, 6.45) is 3.39. The fourth-order valence-corrected chi connectivity index (χ4v) is 2.48. The van der Waals surface area contributed by atoms with E-state index >= 15 is 0 Å². The van der Waals surface area contributed by atoms with Crippen molar-refractivity contribution >= 4 is 26.7 Å². The summed E-state index contributed by atoms with van der Waals surface area (Å²) in [5, 5.41) is 2.65. The molecule has 0 amide bonds. The average molecular weight is 278 g/mol. The van der Waals surface area contributed by atoms with Crippen LogP contribution in [0.4, 0.5) is 0 Å². The summed E-state index contributed by atoms with van der Waals surface area (Å²) < 4.78 is 1.17. The number of hydrogen-bond acceptors (Lipinski definition) is 1. The number of hydrogen-bond donors (Lipinski definition) is 1. The monoisotopic (exact) mass is 277 g/mol. The minimum absolute atomic E-state index is 0.786. The second-order valence-electron chi connectivity index (χ2n) is 4.00. The van der Waals surface area contributed by atoms with Gasteiger partial charge in [0.25, 0.3) is 0 Å². The molecule has 0 saturated carbocycles. The molecule has 0 aliphatic heterocycles. The van der Waals surface area contributed by atoms with Crippen molar-refractivity contribution in [1.82, 2.24) is 0 Å². The molecule has 0 aliphatic rings. The van der Waals surface area contributed by atoms with E-state index in [1.165, 1.54) is 27.2 Å². The van der Waals surface area contributed by atoms with Gasteiger partial charge in [0.05, 0.1) is 0 Å². The zero-order chi connectivity index (χ0) is 11.4. The molecule has 0 saturated heterocycles. The van der Waals surface area contributed by atoms with Crippen LogP contribution in [-0.2, 0) is 6.42 Å². The molecule has 0 heterocycles. The van der Waals surface area contributed by atoms with Crippen LogP contribution in [0, 0.1) is 0 Å². The van der Waals surface area contributed by atoms with Crippen LogP contribution in [0.25, 0.3) is 10.8 Å². The van der Waals surface area contributed by atoms with Crippen molar-refractivity contribution in [2.75, 3.05) is 6.54 Å². The van der Waals surface area contributed by atoms with Gasteiger partial charge in [-0.2, -0.15) is 0 Å². The fourth-order valence-electron chi connectivity index (χ4n) is 2.00. The lowest BCUT2D eigenvalue weighted by atomic mass is 10.0. The van der Waals surface area contributed by atoms with Crippen molar-refractivity contribution < 1.29 is 0 Å². The Labute approximate surface area is 105 Å². The standard InChI is InChI=1S/C14H16BrN/c15-14-9-8-11(5-3-4-10-16)12-6-1-2-7-13(12)14/h1-2,6-9H,3-5,10,16H2. The molecule has 2 heteroatoms. The van der Waals surface area contributed by atoms with Gasteiger partial charge < -0.3 is 5.73 Å². The van der Waals surface area contributed by atoms with Gasteiger partial charge in [-0.3, -0.25) is 0 Å². The molecule has 0 aromatic heterocycles. The van der Waals surface area contributed by atoms with Crippen LogP contribution in [0.1, 0.15) is 18.4 Å². The van der Waals surface area contributed by atoms with E-state index in [-0.39, 0.29) is 0 Å². The summed E-state index contributed by atoms with van der Waals surface area (Å²) in [6.45, 7) is 0.786. The number of benzene rings is 2. The first-order chi connectivity index (χ1) is 7.83. The van der Waals surface area contributed by atoms with Crippen LogP contribution in [0.3, 0.4) is 0 Å². The molecule has 0 spiro atoms. The molecule has 2 N–H and O–H groups in total. The Morgan fingerprint density at radius 3 is 2.44 bits per heavy atom. The van der Waals surface area contributed by atoms with E-state index in [0.29, 0.717) is 0 Å². The smallest absolute Gasteiger partial charge is 0.0253 e. The molecule has 2 rings (SSSR count). The van der Waals surface area contributed by atoms with Gasteiger partial charge in [-0.1, -0.05) is 46.3 Å². The summed E-state index contributed by atoms with van der Waals surface area (Å²) in [6, 6.07) is 12.9. The van der Waals surface area contributed by atoms with Gasteiger partial charge in [0.2, 0.25) is 0 Å². The largest absolute Gasteiger partial charge is 0.330 e. The number of fused-ring (bicyclic) bond motifs is 1. The third kappa shape index (κ3) is 2.45. The molecular formula is C14H16BrN. The number of halogens is 1. The van der Waals surface area contributed by atoms with E-state index in [9.17, 15) is 0 Å². The summed E-state index contributed by atoms with van der Waals surface area (Å²) >= 11 is 3.59. The number of nitrogens with two attached hydrogens (primary N) is 1. The van der Waals surface area contributed by atoms with E-state index in [4.69, 9.17) is 5.73 Å². The van der Waals surface area contributed by atoms with Crippen LogP contribution in [0.15, 0.2) is 40.9 Å². The molecule has 2 aromatic rings. The summed E-state index contributed by atoms with van der Waals surface area (Å²) in [5.74, 6) is 0. The highest BCUT2D eigenvalue weighted by Gasteiger charge is 2.03. The van der Waals surface area contributed by atoms with Crippen molar-refractivity contribution in [2.24, 2.45) is 5.73 Å². The van der Waals surface area contributed by atoms with E-state index < -0.39 is 0 Å². The number of aryl methyl sites for hydroxylation is 1. The van der Waals surface area contributed by atoms with Gasteiger partial charge in [-0.15, -0.1) is 0 Å². The van der Waals surface area contributed by atoms with Crippen molar-refractivity contribution in [3.05, 3.63) is 46.4 Å². The molecular weight excluding hydrogens is 262 g/mol. The maximum Gasteiger partial charge on any atom is 0.0253 e. The number of rotatable bonds is 4. The van der Waals surface area contributed by atoms with Crippen molar-refractivity contribution in [3.8, 4) is 0 Å². The highest BCUT2D eigenvalue weighted by molar-refractivity contribution is 9.10. The van der Waals surface area contributed by atoms with Crippen molar-refractivity contribution in [2.45, 2.75) is 19.3 Å². The second-order valence-corrected chi connectivity index (χ2v) is 4.85. The molecule has 0 aliphatic carbocycles. The minimum atomic E-state index is 0.786. The maximum absolute atomic E-state index is 5.52. The molecule has 0 fully saturated rings. The van der Waals surface area contributed by atoms with Crippen LogP contribution in [0.5, 0.6) is 0 Å². The van der Waals surface area contributed by atoms with Crippen LogP contribution < -0.4 is 5.73 Å². The maximum atomic E-state index is 5.52. The zero-order valence-corrected chi connectivity index (χ0v) is 10.8. The van der Waals surface area contributed by atoms with Crippen molar-refractivity contribution in [3.63, 3.8) is 0 Å². The van der Waals surface area contributed by atoms with E-state index in [1.807, 2.05) is 0 Å². The van der Waals surface area contributed by atoms with E-state index in [0.717, 1.165) is 19.4 Å². The SMILES string of the molecule is NCCCCc1ccc(Br)c2ccccc12.